The van der Waals surface area contributed by atoms with Crippen molar-refractivity contribution in [3.05, 3.63) is 34.6 Å². The van der Waals surface area contributed by atoms with E-state index in [0.717, 1.165) is 0 Å². The number of hydrogen-bond acceptors (Lipinski definition) is 0. The molecule has 0 aliphatic heterocycles. The van der Waals surface area contributed by atoms with E-state index in [-0.39, 0.29) is 9.55 Å². The third kappa shape index (κ3) is 2.17. The Labute approximate surface area is 86.0 Å². The van der Waals surface area contributed by atoms with Gasteiger partial charge in [-0.1, -0.05) is 49.5 Å². The van der Waals surface area contributed by atoms with E-state index in [2.05, 4.69) is 31.9 Å². The van der Waals surface area contributed by atoms with Crippen LogP contribution in [-0.4, -0.2) is 0 Å². The molecule has 0 bridgehead atoms. The molecule has 0 radical (unpaired) electrons. The predicted molar refractivity (Wildman–Crippen MR) is 52.0 cm³/mol. The molecule has 11 heavy (non-hydrogen) atoms. The number of benzene rings is 1. The lowest BCUT2D eigenvalue weighted by molar-refractivity contribution is 0.617. The molecule has 0 aromatic heterocycles. The quantitative estimate of drug-likeness (QED) is 0.680. The molecule has 0 amide bonds. The zero-order valence-electron chi connectivity index (χ0n) is 5.32. The molecule has 1 aromatic rings. The van der Waals surface area contributed by atoms with Gasteiger partial charge in [-0.25, -0.2) is 4.39 Å². The fourth-order valence-electron chi connectivity index (χ4n) is 0.719. The van der Waals surface area contributed by atoms with E-state index in [1.807, 2.05) is 0 Å². The Kier molecular flexibility index (Phi) is 3.34. The Bertz CT molecular complexity index is 242. The smallest absolute Gasteiger partial charge is 0.129 e. The molecule has 0 N–H and O–H groups in total. The summed E-state index contributed by atoms with van der Waals surface area (Å²) in [6, 6.07) is 4.59. The first-order valence-electron chi connectivity index (χ1n) is 2.85. The van der Waals surface area contributed by atoms with Crippen molar-refractivity contribution < 1.29 is 4.39 Å². The van der Waals surface area contributed by atoms with E-state index in [0.29, 0.717) is 10.6 Å². The molecule has 0 spiro atoms. The molecule has 0 nitrogen and oxygen atoms in total. The molecule has 60 valence electrons. The number of halogens is 4. The Morgan fingerprint density at radius 1 is 1.36 bits per heavy atom. The van der Waals surface area contributed by atoms with Crippen molar-refractivity contribution in [3.8, 4) is 0 Å². The summed E-state index contributed by atoms with van der Waals surface area (Å²) in [5, 5.41) is 0.420. The second-order valence-electron chi connectivity index (χ2n) is 1.94. The summed E-state index contributed by atoms with van der Waals surface area (Å²) in [5.41, 5.74) is 0.439. The SMILES string of the molecule is Fc1cccc(Cl)c1C(Br)Br. The van der Waals surface area contributed by atoms with Gasteiger partial charge in [0.25, 0.3) is 0 Å². The fourth-order valence-corrected chi connectivity index (χ4v) is 2.19. The second-order valence-corrected chi connectivity index (χ2v) is 5.40. The first-order chi connectivity index (χ1) is 5.13. The van der Waals surface area contributed by atoms with Crippen molar-refractivity contribution in [1.29, 1.82) is 0 Å². The highest BCUT2D eigenvalue weighted by atomic mass is 79.9. The summed E-state index contributed by atoms with van der Waals surface area (Å²) in [4.78, 5) is 0. The maximum absolute atomic E-state index is 13.0. The second kappa shape index (κ2) is 3.87. The molecule has 0 aliphatic rings. The van der Waals surface area contributed by atoms with Crippen LogP contribution in [0.25, 0.3) is 0 Å². The van der Waals surface area contributed by atoms with Crippen molar-refractivity contribution in [1.82, 2.24) is 0 Å². The van der Waals surface area contributed by atoms with Crippen LogP contribution in [0.3, 0.4) is 0 Å². The van der Waals surface area contributed by atoms with E-state index < -0.39 is 0 Å². The lowest BCUT2D eigenvalue weighted by Gasteiger charge is -2.05. The van der Waals surface area contributed by atoms with Crippen LogP contribution in [0.15, 0.2) is 18.2 Å². The van der Waals surface area contributed by atoms with Gasteiger partial charge in [0.05, 0.1) is 3.74 Å². The topological polar surface area (TPSA) is 0 Å². The Morgan fingerprint density at radius 2 is 2.00 bits per heavy atom. The molecule has 0 saturated heterocycles. The summed E-state index contributed by atoms with van der Waals surface area (Å²) in [6.45, 7) is 0. The first kappa shape index (κ1) is 9.49. The zero-order valence-corrected chi connectivity index (χ0v) is 9.25. The molecule has 1 aromatic carbocycles. The number of alkyl halides is 2. The Hall–Kier alpha value is 0.400. The molecule has 0 unspecified atom stereocenters. The van der Waals surface area contributed by atoms with Gasteiger partial charge in [-0.15, -0.1) is 0 Å². The summed E-state index contributed by atoms with van der Waals surface area (Å²) in [7, 11) is 0. The van der Waals surface area contributed by atoms with Crippen LogP contribution in [0.5, 0.6) is 0 Å². The summed E-state index contributed by atoms with van der Waals surface area (Å²) in [5.74, 6) is -0.309. The first-order valence-corrected chi connectivity index (χ1v) is 5.06. The largest absolute Gasteiger partial charge is 0.207 e. The van der Waals surface area contributed by atoms with E-state index >= 15 is 0 Å². The minimum absolute atomic E-state index is 0.233. The summed E-state index contributed by atoms with van der Waals surface area (Å²) in [6.07, 6.45) is 0. The van der Waals surface area contributed by atoms with Gasteiger partial charge >= 0.3 is 0 Å². The number of rotatable bonds is 1. The minimum Gasteiger partial charge on any atom is -0.207 e. The molecule has 4 heteroatoms. The summed E-state index contributed by atoms with van der Waals surface area (Å²) < 4.78 is 12.7. The van der Waals surface area contributed by atoms with Crippen molar-refractivity contribution in [2.45, 2.75) is 3.74 Å². The molecule has 1 rings (SSSR count). The van der Waals surface area contributed by atoms with Crippen LogP contribution >= 0.6 is 43.5 Å². The highest BCUT2D eigenvalue weighted by molar-refractivity contribution is 9.24. The molecular weight excluding hydrogens is 298 g/mol. The van der Waals surface area contributed by atoms with Crippen molar-refractivity contribution in [3.63, 3.8) is 0 Å². The van der Waals surface area contributed by atoms with Gasteiger partial charge in [-0.3, -0.25) is 0 Å². The van der Waals surface area contributed by atoms with Gasteiger partial charge in [0.15, 0.2) is 0 Å². The lowest BCUT2D eigenvalue weighted by Crippen LogP contribution is -1.88. The highest BCUT2D eigenvalue weighted by Gasteiger charge is 2.12. The van der Waals surface area contributed by atoms with E-state index in [1.165, 1.54) is 6.07 Å². The standard InChI is InChI=1S/C7H4Br2ClF/c8-7(9)6-4(10)2-1-3-5(6)11/h1-3,7H. The van der Waals surface area contributed by atoms with Crippen molar-refractivity contribution in [2.75, 3.05) is 0 Å². The Balaban J connectivity index is 3.21. The molecule has 0 atom stereocenters. The monoisotopic (exact) mass is 300 g/mol. The van der Waals surface area contributed by atoms with Gasteiger partial charge in [-0.2, -0.15) is 0 Å². The zero-order chi connectivity index (χ0) is 8.43. The van der Waals surface area contributed by atoms with E-state index in [4.69, 9.17) is 11.6 Å². The summed E-state index contributed by atoms with van der Waals surface area (Å²) >= 11 is 12.1. The van der Waals surface area contributed by atoms with Crippen LogP contribution < -0.4 is 0 Å². The van der Waals surface area contributed by atoms with Crippen molar-refractivity contribution >= 4 is 43.5 Å². The van der Waals surface area contributed by atoms with E-state index in [1.54, 1.807) is 12.1 Å². The van der Waals surface area contributed by atoms with Crippen molar-refractivity contribution in [2.24, 2.45) is 0 Å². The minimum atomic E-state index is -0.309. The lowest BCUT2D eigenvalue weighted by atomic mass is 10.2. The van der Waals surface area contributed by atoms with Gasteiger partial charge < -0.3 is 0 Å². The predicted octanol–water partition coefficient (Wildman–Crippen LogP) is 4.27. The average molecular weight is 302 g/mol. The molecule has 0 saturated carbocycles. The van der Waals surface area contributed by atoms with Crippen LogP contribution in [0.1, 0.15) is 9.30 Å². The molecular formula is C7H4Br2ClF. The number of hydrogen-bond donors (Lipinski definition) is 0. The van der Waals surface area contributed by atoms with Gasteiger partial charge in [0.2, 0.25) is 0 Å². The maximum Gasteiger partial charge on any atom is 0.129 e. The highest BCUT2D eigenvalue weighted by Crippen LogP contribution is 2.35. The van der Waals surface area contributed by atoms with Crippen LogP contribution in [-0.2, 0) is 0 Å². The molecule has 0 fully saturated rings. The molecule has 0 heterocycles. The third-order valence-corrected chi connectivity index (χ3v) is 2.46. The maximum atomic E-state index is 13.0. The fraction of sp³-hybridized carbons (Fsp3) is 0.143. The molecule has 0 aliphatic carbocycles. The average Bonchev–Trinajstić information content (AvgIpc) is 1.85. The van der Waals surface area contributed by atoms with Gasteiger partial charge in [-0.05, 0) is 12.1 Å². The third-order valence-electron chi connectivity index (χ3n) is 1.22. The van der Waals surface area contributed by atoms with Gasteiger partial charge in [0.1, 0.15) is 5.82 Å². The van der Waals surface area contributed by atoms with E-state index in [9.17, 15) is 4.39 Å². The van der Waals surface area contributed by atoms with Crippen LogP contribution in [0, 0.1) is 5.82 Å². The van der Waals surface area contributed by atoms with Gasteiger partial charge in [0, 0.05) is 10.6 Å². The Morgan fingerprint density at radius 3 is 2.36 bits per heavy atom. The normalized spacial score (nSPS) is 10.6. The van der Waals surface area contributed by atoms with Crippen LogP contribution in [0.2, 0.25) is 5.02 Å². The van der Waals surface area contributed by atoms with Crippen LogP contribution in [0.4, 0.5) is 4.39 Å².